The molecule has 0 saturated heterocycles. The highest BCUT2D eigenvalue weighted by Gasteiger charge is 2.45. The van der Waals surface area contributed by atoms with Gasteiger partial charge in [0.1, 0.15) is 0 Å². The van der Waals surface area contributed by atoms with Crippen LogP contribution in [-0.4, -0.2) is 0 Å². The minimum Gasteiger partial charge on any atom is -0.440 e. The average Bonchev–Trinajstić information content (AvgIpc) is 3.04. The molecule has 4 rings (SSSR count). The summed E-state index contributed by atoms with van der Waals surface area (Å²) in [5.74, 6) is 0.343. The Kier molecular flexibility index (Phi) is 3.44. The van der Waals surface area contributed by atoms with E-state index in [-0.39, 0.29) is 0 Å². The number of nitrogens with zero attached hydrogens (tertiary/aromatic N) is 1. The smallest absolute Gasteiger partial charge is 0.305 e. The Balaban J connectivity index is 1.84. The van der Waals surface area contributed by atoms with Gasteiger partial charge in [0, 0.05) is 11.1 Å². The molecule has 0 aromatic heterocycles. The van der Waals surface area contributed by atoms with Crippen LogP contribution < -0.4 is 9.47 Å². The summed E-state index contributed by atoms with van der Waals surface area (Å²) in [7, 11) is 0. The Labute approximate surface area is 140 Å². The third-order valence-electron chi connectivity index (χ3n) is 4.11. The van der Waals surface area contributed by atoms with E-state index >= 15 is 0 Å². The molecule has 3 nitrogen and oxygen atoms in total. The van der Waals surface area contributed by atoms with Crippen LogP contribution in [-0.2, 0) is 12.2 Å². The van der Waals surface area contributed by atoms with Crippen molar-refractivity contribution in [1.82, 2.24) is 0 Å². The van der Waals surface area contributed by atoms with Crippen molar-refractivity contribution in [3.05, 3.63) is 95.6 Å². The molecule has 1 heterocycles. The summed E-state index contributed by atoms with van der Waals surface area (Å²) in [4.78, 5) is 0. The van der Waals surface area contributed by atoms with Crippen LogP contribution in [0.4, 0.5) is 0 Å². The van der Waals surface area contributed by atoms with Gasteiger partial charge < -0.3 is 9.47 Å². The molecule has 0 bridgehead atoms. The first-order chi connectivity index (χ1) is 11.8. The van der Waals surface area contributed by atoms with Crippen molar-refractivity contribution >= 4 is 0 Å². The molecule has 0 aliphatic carbocycles. The summed E-state index contributed by atoms with van der Waals surface area (Å²) >= 11 is 0. The maximum absolute atomic E-state index is 8.90. The SMILES string of the molecule is N#CCc1ccc2c(c1)OC(c1ccccc1)(c1ccccc1)O2. The van der Waals surface area contributed by atoms with Crippen molar-refractivity contribution < 1.29 is 9.47 Å². The fraction of sp³-hybridized carbons (Fsp3) is 0.0952. The van der Waals surface area contributed by atoms with E-state index in [0.29, 0.717) is 17.9 Å². The van der Waals surface area contributed by atoms with Crippen molar-refractivity contribution in [3.63, 3.8) is 0 Å². The summed E-state index contributed by atoms with van der Waals surface area (Å²) in [5.41, 5.74) is 2.76. The van der Waals surface area contributed by atoms with Gasteiger partial charge in [-0.1, -0.05) is 66.7 Å². The fourth-order valence-corrected chi connectivity index (χ4v) is 2.97. The second kappa shape index (κ2) is 5.75. The Bertz CT molecular complexity index is 859. The first kappa shape index (κ1) is 14.3. The van der Waals surface area contributed by atoms with Crippen LogP contribution in [0, 0.1) is 11.3 Å². The van der Waals surface area contributed by atoms with Gasteiger partial charge in [-0.2, -0.15) is 5.26 Å². The molecule has 3 aromatic carbocycles. The molecule has 0 radical (unpaired) electrons. The fourth-order valence-electron chi connectivity index (χ4n) is 2.97. The topological polar surface area (TPSA) is 42.2 Å². The van der Waals surface area contributed by atoms with Crippen molar-refractivity contribution in [2.75, 3.05) is 0 Å². The highest BCUT2D eigenvalue weighted by molar-refractivity contribution is 5.50. The summed E-state index contributed by atoms with van der Waals surface area (Å²) in [6.45, 7) is 0. The number of nitriles is 1. The standard InChI is InChI=1S/C21H15NO2/c22-14-13-16-11-12-19-20(15-16)24-21(23-19,17-7-3-1-4-8-17)18-9-5-2-6-10-18/h1-12,15H,13H2. The Morgan fingerprint density at radius 1 is 0.750 bits per heavy atom. The second-order valence-corrected chi connectivity index (χ2v) is 5.67. The lowest BCUT2D eigenvalue weighted by Gasteiger charge is -2.28. The highest BCUT2D eigenvalue weighted by atomic mass is 16.7. The first-order valence-electron chi connectivity index (χ1n) is 7.81. The van der Waals surface area contributed by atoms with Gasteiger partial charge in [-0.25, -0.2) is 0 Å². The van der Waals surface area contributed by atoms with E-state index in [1.54, 1.807) is 0 Å². The van der Waals surface area contributed by atoms with Gasteiger partial charge in [-0.15, -0.1) is 0 Å². The van der Waals surface area contributed by atoms with Crippen LogP contribution in [0.15, 0.2) is 78.9 Å². The van der Waals surface area contributed by atoms with Crippen LogP contribution in [0.2, 0.25) is 0 Å². The van der Waals surface area contributed by atoms with E-state index in [2.05, 4.69) is 6.07 Å². The summed E-state index contributed by atoms with van der Waals surface area (Å²) in [6.07, 6.45) is 0.348. The summed E-state index contributed by atoms with van der Waals surface area (Å²) in [6, 6.07) is 27.6. The molecular weight excluding hydrogens is 298 g/mol. The Morgan fingerprint density at radius 2 is 1.33 bits per heavy atom. The highest BCUT2D eigenvalue weighted by Crippen LogP contribution is 2.47. The van der Waals surface area contributed by atoms with Crippen LogP contribution in [0.1, 0.15) is 16.7 Å². The molecule has 1 aliphatic rings. The molecule has 0 spiro atoms. The number of fused-ring (bicyclic) bond motifs is 1. The molecule has 0 atom stereocenters. The number of benzene rings is 3. The predicted molar refractivity (Wildman–Crippen MR) is 90.7 cm³/mol. The van der Waals surface area contributed by atoms with Crippen LogP contribution in [0.3, 0.4) is 0 Å². The third kappa shape index (κ3) is 2.29. The molecule has 0 saturated carbocycles. The maximum atomic E-state index is 8.90. The maximum Gasteiger partial charge on any atom is 0.305 e. The number of hydrogen-bond donors (Lipinski definition) is 0. The Morgan fingerprint density at radius 3 is 1.92 bits per heavy atom. The molecule has 1 aliphatic heterocycles. The van der Waals surface area contributed by atoms with E-state index in [9.17, 15) is 0 Å². The lowest BCUT2D eigenvalue weighted by Crippen LogP contribution is -2.36. The van der Waals surface area contributed by atoms with Gasteiger partial charge in [0.05, 0.1) is 12.5 Å². The molecule has 0 N–H and O–H groups in total. The number of rotatable bonds is 3. The lowest BCUT2D eigenvalue weighted by atomic mass is 9.97. The third-order valence-corrected chi connectivity index (χ3v) is 4.11. The van der Waals surface area contributed by atoms with Crippen LogP contribution in [0.25, 0.3) is 0 Å². The van der Waals surface area contributed by atoms with Crippen molar-refractivity contribution in [2.45, 2.75) is 12.2 Å². The van der Waals surface area contributed by atoms with Gasteiger partial charge in [0.25, 0.3) is 0 Å². The van der Waals surface area contributed by atoms with Crippen LogP contribution >= 0.6 is 0 Å². The van der Waals surface area contributed by atoms with Gasteiger partial charge in [0.15, 0.2) is 11.5 Å². The molecule has 0 fully saturated rings. The van der Waals surface area contributed by atoms with Crippen molar-refractivity contribution in [1.29, 1.82) is 5.26 Å². The Hall–Kier alpha value is -3.25. The average molecular weight is 313 g/mol. The van der Waals surface area contributed by atoms with E-state index in [0.717, 1.165) is 16.7 Å². The second-order valence-electron chi connectivity index (χ2n) is 5.67. The van der Waals surface area contributed by atoms with Gasteiger partial charge in [-0.3, -0.25) is 0 Å². The molecule has 3 aromatic rings. The zero-order valence-corrected chi connectivity index (χ0v) is 13.0. The summed E-state index contributed by atoms with van der Waals surface area (Å²) in [5, 5.41) is 8.90. The summed E-state index contributed by atoms with van der Waals surface area (Å²) < 4.78 is 12.6. The van der Waals surface area contributed by atoms with Gasteiger partial charge in [0.2, 0.25) is 0 Å². The van der Waals surface area contributed by atoms with E-state index in [1.165, 1.54) is 0 Å². The molecular formula is C21H15NO2. The molecule has 3 heteroatoms. The zero-order chi connectivity index (χ0) is 16.4. The van der Waals surface area contributed by atoms with Crippen LogP contribution in [0.5, 0.6) is 11.5 Å². The first-order valence-corrected chi connectivity index (χ1v) is 7.81. The molecule has 116 valence electrons. The van der Waals surface area contributed by atoms with E-state index < -0.39 is 5.79 Å². The number of ether oxygens (including phenoxy) is 2. The normalized spacial score (nSPS) is 14.1. The zero-order valence-electron chi connectivity index (χ0n) is 13.0. The number of hydrogen-bond acceptors (Lipinski definition) is 3. The predicted octanol–water partition coefficient (Wildman–Crippen LogP) is 4.43. The monoisotopic (exact) mass is 313 g/mol. The van der Waals surface area contributed by atoms with E-state index in [1.807, 2.05) is 78.9 Å². The molecule has 0 unspecified atom stereocenters. The lowest BCUT2D eigenvalue weighted by molar-refractivity contribution is -0.0459. The van der Waals surface area contributed by atoms with Gasteiger partial charge in [-0.05, 0) is 17.7 Å². The largest absolute Gasteiger partial charge is 0.440 e. The van der Waals surface area contributed by atoms with E-state index in [4.69, 9.17) is 14.7 Å². The molecule has 0 amide bonds. The minimum absolute atomic E-state index is 0.348. The molecule has 24 heavy (non-hydrogen) atoms. The quantitative estimate of drug-likeness (QED) is 0.718. The van der Waals surface area contributed by atoms with Crippen molar-refractivity contribution in [2.24, 2.45) is 0 Å². The minimum atomic E-state index is -1.00. The van der Waals surface area contributed by atoms with Gasteiger partial charge >= 0.3 is 5.79 Å². The van der Waals surface area contributed by atoms with Crippen molar-refractivity contribution in [3.8, 4) is 17.6 Å².